The zero-order valence-corrected chi connectivity index (χ0v) is 15.0. The van der Waals surface area contributed by atoms with Crippen molar-refractivity contribution in [1.29, 1.82) is 0 Å². The van der Waals surface area contributed by atoms with Gasteiger partial charge in [0.15, 0.2) is 0 Å². The van der Waals surface area contributed by atoms with E-state index in [1.165, 1.54) is 0 Å². The largest absolute Gasteiger partial charge is 0.480 e. The molecule has 0 radical (unpaired) electrons. The molecule has 0 heterocycles. The standard InChI is InChI=1S/C18H25N3O5/c1-3-21(11-16(22)23)13-9-12(10-13)19-18(25)20-15-8-6-5-7-14(15)17(24)26-4-2/h5-8,12-13H,3-4,9-11H2,1-2H3,(H,22,23)(H2,19,20,25). The molecule has 1 fully saturated rings. The summed E-state index contributed by atoms with van der Waals surface area (Å²) < 4.78 is 4.98. The summed E-state index contributed by atoms with van der Waals surface area (Å²) in [5, 5.41) is 14.4. The van der Waals surface area contributed by atoms with Crippen molar-refractivity contribution in [2.24, 2.45) is 0 Å². The summed E-state index contributed by atoms with van der Waals surface area (Å²) in [6.45, 7) is 4.56. The number of carboxylic acids is 1. The molecule has 3 N–H and O–H groups in total. The van der Waals surface area contributed by atoms with E-state index in [1.54, 1.807) is 31.2 Å². The number of aliphatic carboxylic acids is 1. The lowest BCUT2D eigenvalue weighted by Crippen LogP contribution is -2.55. The number of carbonyl (C=O) groups is 3. The summed E-state index contributed by atoms with van der Waals surface area (Å²) >= 11 is 0. The minimum Gasteiger partial charge on any atom is -0.480 e. The van der Waals surface area contributed by atoms with E-state index in [0.717, 1.165) is 0 Å². The highest BCUT2D eigenvalue weighted by molar-refractivity contribution is 6.00. The Balaban J connectivity index is 1.86. The Morgan fingerprint density at radius 1 is 1.23 bits per heavy atom. The van der Waals surface area contributed by atoms with Crippen LogP contribution >= 0.6 is 0 Å². The number of hydrogen-bond donors (Lipinski definition) is 3. The van der Waals surface area contributed by atoms with Gasteiger partial charge in [0.05, 0.1) is 24.4 Å². The van der Waals surface area contributed by atoms with E-state index in [4.69, 9.17) is 9.84 Å². The van der Waals surface area contributed by atoms with Crippen molar-refractivity contribution in [2.45, 2.75) is 38.8 Å². The van der Waals surface area contributed by atoms with Crippen LogP contribution in [0.25, 0.3) is 0 Å². The molecule has 1 saturated carbocycles. The van der Waals surface area contributed by atoms with Crippen LogP contribution in [0.3, 0.4) is 0 Å². The third kappa shape index (κ3) is 5.19. The zero-order chi connectivity index (χ0) is 19.1. The smallest absolute Gasteiger partial charge is 0.340 e. The van der Waals surface area contributed by atoms with Crippen LogP contribution in [0.2, 0.25) is 0 Å². The Hall–Kier alpha value is -2.61. The van der Waals surface area contributed by atoms with Gasteiger partial charge in [0, 0.05) is 12.1 Å². The van der Waals surface area contributed by atoms with Gasteiger partial charge in [-0.2, -0.15) is 0 Å². The Labute approximate surface area is 152 Å². The van der Waals surface area contributed by atoms with Crippen molar-refractivity contribution in [2.75, 3.05) is 25.0 Å². The van der Waals surface area contributed by atoms with Gasteiger partial charge in [0.2, 0.25) is 0 Å². The van der Waals surface area contributed by atoms with E-state index in [9.17, 15) is 14.4 Å². The first-order chi connectivity index (χ1) is 12.4. The fourth-order valence-electron chi connectivity index (χ4n) is 3.00. The van der Waals surface area contributed by atoms with Crippen molar-refractivity contribution in [1.82, 2.24) is 10.2 Å². The Morgan fingerprint density at radius 3 is 2.54 bits per heavy atom. The zero-order valence-electron chi connectivity index (χ0n) is 15.0. The molecule has 0 saturated heterocycles. The van der Waals surface area contributed by atoms with E-state index in [1.807, 2.05) is 11.8 Å². The van der Waals surface area contributed by atoms with Crippen LogP contribution in [-0.2, 0) is 9.53 Å². The molecule has 0 unspecified atom stereocenters. The van der Waals surface area contributed by atoms with Gasteiger partial charge >= 0.3 is 18.0 Å². The molecule has 8 nitrogen and oxygen atoms in total. The quantitative estimate of drug-likeness (QED) is 0.609. The maximum absolute atomic E-state index is 12.2. The molecular weight excluding hydrogens is 338 g/mol. The molecule has 2 rings (SSSR count). The molecule has 8 heteroatoms. The van der Waals surface area contributed by atoms with E-state index >= 15 is 0 Å². The van der Waals surface area contributed by atoms with Gasteiger partial charge in [-0.3, -0.25) is 9.69 Å². The summed E-state index contributed by atoms with van der Waals surface area (Å²) in [6, 6.07) is 6.41. The van der Waals surface area contributed by atoms with Crippen LogP contribution in [0.1, 0.15) is 37.0 Å². The topological polar surface area (TPSA) is 108 Å². The molecule has 1 aromatic rings. The minimum atomic E-state index is -0.850. The summed E-state index contributed by atoms with van der Waals surface area (Å²) in [7, 11) is 0. The molecule has 1 aliphatic rings. The maximum atomic E-state index is 12.2. The summed E-state index contributed by atoms with van der Waals surface area (Å²) in [6.07, 6.45) is 1.40. The third-order valence-electron chi connectivity index (χ3n) is 4.38. The van der Waals surface area contributed by atoms with Crippen LogP contribution in [0.4, 0.5) is 10.5 Å². The molecule has 0 bridgehead atoms. The van der Waals surface area contributed by atoms with E-state index < -0.39 is 18.0 Å². The van der Waals surface area contributed by atoms with Crippen molar-refractivity contribution in [3.8, 4) is 0 Å². The van der Waals surface area contributed by atoms with Crippen LogP contribution < -0.4 is 10.6 Å². The summed E-state index contributed by atoms with van der Waals surface area (Å²) in [4.78, 5) is 36.9. The van der Waals surface area contributed by atoms with Gasteiger partial charge < -0.3 is 20.5 Å². The van der Waals surface area contributed by atoms with Crippen LogP contribution in [0.15, 0.2) is 24.3 Å². The molecule has 0 aliphatic heterocycles. The SMILES string of the molecule is CCOC(=O)c1ccccc1NC(=O)NC1CC(N(CC)CC(=O)O)C1. The first-order valence-electron chi connectivity index (χ1n) is 8.74. The van der Waals surface area contributed by atoms with Crippen molar-refractivity contribution in [3.05, 3.63) is 29.8 Å². The Kier molecular flexibility index (Phi) is 6.97. The molecule has 142 valence electrons. The van der Waals surface area contributed by atoms with Crippen LogP contribution in [-0.4, -0.2) is 59.8 Å². The summed E-state index contributed by atoms with van der Waals surface area (Å²) in [5.41, 5.74) is 0.690. The lowest BCUT2D eigenvalue weighted by atomic mass is 9.85. The highest BCUT2D eigenvalue weighted by Gasteiger charge is 2.34. The second-order valence-electron chi connectivity index (χ2n) is 6.14. The van der Waals surface area contributed by atoms with Crippen molar-refractivity contribution < 1.29 is 24.2 Å². The highest BCUT2D eigenvalue weighted by atomic mass is 16.5. The predicted octanol–water partition coefficient (Wildman–Crippen LogP) is 1.92. The number of anilines is 1. The number of nitrogens with one attached hydrogen (secondary N) is 2. The predicted molar refractivity (Wildman–Crippen MR) is 96.2 cm³/mol. The average Bonchev–Trinajstić information content (AvgIpc) is 2.56. The van der Waals surface area contributed by atoms with Crippen LogP contribution in [0, 0.1) is 0 Å². The summed E-state index contributed by atoms with van der Waals surface area (Å²) in [5.74, 6) is -1.34. The number of para-hydroxylation sites is 1. The second kappa shape index (κ2) is 9.19. The number of urea groups is 1. The molecule has 0 aromatic heterocycles. The van der Waals surface area contributed by atoms with E-state index in [-0.39, 0.29) is 25.2 Å². The van der Waals surface area contributed by atoms with Gasteiger partial charge in [-0.25, -0.2) is 9.59 Å². The molecule has 1 aliphatic carbocycles. The third-order valence-corrected chi connectivity index (χ3v) is 4.38. The van der Waals surface area contributed by atoms with Gasteiger partial charge in [-0.1, -0.05) is 19.1 Å². The fourth-order valence-corrected chi connectivity index (χ4v) is 3.00. The number of carbonyl (C=O) groups excluding carboxylic acids is 2. The lowest BCUT2D eigenvalue weighted by Gasteiger charge is -2.42. The van der Waals surface area contributed by atoms with Gasteiger partial charge in [0.1, 0.15) is 0 Å². The van der Waals surface area contributed by atoms with E-state index in [2.05, 4.69) is 10.6 Å². The number of ether oxygens (including phenoxy) is 1. The number of carboxylic acid groups (broad SMARTS) is 1. The highest BCUT2D eigenvalue weighted by Crippen LogP contribution is 2.26. The number of rotatable bonds is 8. The van der Waals surface area contributed by atoms with Gasteiger partial charge in [0.25, 0.3) is 0 Å². The van der Waals surface area contributed by atoms with Crippen LogP contribution in [0.5, 0.6) is 0 Å². The molecule has 1 aromatic carbocycles. The molecule has 26 heavy (non-hydrogen) atoms. The first-order valence-corrected chi connectivity index (χ1v) is 8.74. The normalized spacial score (nSPS) is 18.7. The Morgan fingerprint density at radius 2 is 1.92 bits per heavy atom. The Bertz CT molecular complexity index is 658. The van der Waals surface area contributed by atoms with Gasteiger partial charge in [-0.05, 0) is 38.4 Å². The number of amides is 2. The molecule has 2 amide bonds. The van der Waals surface area contributed by atoms with Gasteiger partial charge in [-0.15, -0.1) is 0 Å². The lowest BCUT2D eigenvalue weighted by molar-refractivity contribution is -0.139. The maximum Gasteiger partial charge on any atom is 0.340 e. The number of esters is 1. The number of hydrogen-bond acceptors (Lipinski definition) is 5. The first kappa shape index (κ1) is 19.7. The average molecular weight is 363 g/mol. The van der Waals surface area contributed by atoms with Crippen molar-refractivity contribution >= 4 is 23.7 Å². The molecule has 0 spiro atoms. The number of benzene rings is 1. The fraction of sp³-hybridized carbons (Fsp3) is 0.500. The minimum absolute atomic E-state index is 0.00694. The second-order valence-corrected chi connectivity index (χ2v) is 6.14. The molecular formula is C18H25N3O5. The molecule has 0 atom stereocenters. The monoisotopic (exact) mass is 363 g/mol. The number of likely N-dealkylation sites (N-methyl/N-ethyl adjacent to an activating group) is 1. The number of nitrogens with zero attached hydrogens (tertiary/aromatic N) is 1. The van der Waals surface area contributed by atoms with Crippen molar-refractivity contribution in [3.63, 3.8) is 0 Å². The van der Waals surface area contributed by atoms with E-state index in [0.29, 0.717) is 30.6 Å².